The van der Waals surface area contributed by atoms with Crippen LogP contribution in [0.5, 0.6) is 0 Å². The maximum absolute atomic E-state index is 12.0. The summed E-state index contributed by atoms with van der Waals surface area (Å²) in [5.74, 6) is 0. The van der Waals surface area contributed by atoms with Crippen molar-refractivity contribution < 1.29 is 4.79 Å². The Balaban J connectivity index is 2.23. The number of hydrogen-bond donors (Lipinski definition) is 1. The Labute approximate surface area is 100 Å². The Bertz CT molecular complexity index is 462. The lowest BCUT2D eigenvalue weighted by atomic mass is 10.2. The third-order valence-electron chi connectivity index (χ3n) is 3.05. The molecule has 2 amide bonds. The van der Waals surface area contributed by atoms with Crippen LogP contribution in [0, 0.1) is 11.3 Å². The van der Waals surface area contributed by atoms with Crippen LogP contribution in [0.2, 0.25) is 0 Å². The molecule has 1 aromatic rings. The summed E-state index contributed by atoms with van der Waals surface area (Å²) < 4.78 is 0. The van der Waals surface area contributed by atoms with E-state index in [0.717, 1.165) is 5.69 Å². The van der Waals surface area contributed by atoms with Crippen molar-refractivity contribution in [3.8, 4) is 6.07 Å². The van der Waals surface area contributed by atoms with Crippen molar-refractivity contribution in [3.05, 3.63) is 29.8 Å². The van der Waals surface area contributed by atoms with Crippen LogP contribution in [0.15, 0.2) is 24.3 Å². The highest BCUT2D eigenvalue weighted by Gasteiger charge is 2.34. The number of amides is 2. The molecule has 0 spiro atoms. The van der Waals surface area contributed by atoms with E-state index in [-0.39, 0.29) is 12.1 Å². The van der Waals surface area contributed by atoms with Crippen LogP contribution in [-0.4, -0.2) is 37.1 Å². The Kier molecular flexibility index (Phi) is 2.98. The summed E-state index contributed by atoms with van der Waals surface area (Å²) in [5.41, 5.74) is 7.00. The second kappa shape index (κ2) is 4.44. The van der Waals surface area contributed by atoms with Crippen LogP contribution in [0.1, 0.15) is 5.56 Å². The minimum Gasteiger partial charge on any atom is -0.328 e. The van der Waals surface area contributed by atoms with Gasteiger partial charge in [-0.1, -0.05) is 0 Å². The topological polar surface area (TPSA) is 73.4 Å². The van der Waals surface area contributed by atoms with Crippen molar-refractivity contribution in [2.75, 3.05) is 25.0 Å². The van der Waals surface area contributed by atoms with Gasteiger partial charge >= 0.3 is 6.03 Å². The van der Waals surface area contributed by atoms with Crippen molar-refractivity contribution in [2.24, 2.45) is 5.73 Å². The SMILES string of the molecule is CN1C(=O)N(c2ccc(C#N)cc2)CC1CN. The number of nitrogens with two attached hydrogens (primary N) is 1. The molecule has 1 fully saturated rings. The zero-order chi connectivity index (χ0) is 12.4. The number of urea groups is 1. The van der Waals surface area contributed by atoms with E-state index in [1.54, 1.807) is 41.1 Å². The molecule has 0 radical (unpaired) electrons. The van der Waals surface area contributed by atoms with Crippen LogP contribution >= 0.6 is 0 Å². The largest absolute Gasteiger partial charge is 0.328 e. The van der Waals surface area contributed by atoms with E-state index in [4.69, 9.17) is 11.0 Å². The molecule has 1 unspecified atom stereocenters. The average molecular weight is 230 g/mol. The lowest BCUT2D eigenvalue weighted by molar-refractivity contribution is 0.219. The van der Waals surface area contributed by atoms with E-state index in [1.807, 2.05) is 0 Å². The molecule has 1 atom stereocenters. The molecule has 0 saturated carbocycles. The minimum absolute atomic E-state index is 0.0508. The normalized spacial score (nSPS) is 19.6. The van der Waals surface area contributed by atoms with Crippen molar-refractivity contribution >= 4 is 11.7 Å². The molecule has 0 bridgehead atoms. The Morgan fingerprint density at radius 1 is 1.47 bits per heavy atom. The Morgan fingerprint density at radius 2 is 2.12 bits per heavy atom. The second-order valence-electron chi connectivity index (χ2n) is 4.05. The predicted molar refractivity (Wildman–Crippen MR) is 64.5 cm³/mol. The summed E-state index contributed by atoms with van der Waals surface area (Å²) in [4.78, 5) is 15.3. The molecule has 5 nitrogen and oxygen atoms in total. The molecule has 1 saturated heterocycles. The molecule has 1 aromatic carbocycles. The third kappa shape index (κ3) is 1.95. The van der Waals surface area contributed by atoms with Crippen LogP contribution in [-0.2, 0) is 0 Å². The summed E-state index contributed by atoms with van der Waals surface area (Å²) in [6.45, 7) is 1.05. The summed E-state index contributed by atoms with van der Waals surface area (Å²) in [5, 5.41) is 8.71. The van der Waals surface area contributed by atoms with Gasteiger partial charge in [-0.15, -0.1) is 0 Å². The predicted octanol–water partition coefficient (Wildman–Crippen LogP) is 0.757. The first-order valence-corrected chi connectivity index (χ1v) is 5.42. The number of rotatable bonds is 2. The zero-order valence-electron chi connectivity index (χ0n) is 9.63. The molecule has 17 heavy (non-hydrogen) atoms. The van der Waals surface area contributed by atoms with Gasteiger partial charge in [-0.25, -0.2) is 4.79 Å². The molecule has 1 heterocycles. The summed E-state index contributed by atoms with van der Waals surface area (Å²) in [6.07, 6.45) is 0. The molecule has 88 valence electrons. The fourth-order valence-corrected chi connectivity index (χ4v) is 1.92. The van der Waals surface area contributed by atoms with Crippen molar-refractivity contribution in [2.45, 2.75) is 6.04 Å². The molecule has 0 aliphatic carbocycles. The number of hydrogen-bond acceptors (Lipinski definition) is 3. The lowest BCUT2D eigenvalue weighted by Crippen LogP contribution is -2.35. The zero-order valence-corrected chi connectivity index (χ0v) is 9.63. The van der Waals surface area contributed by atoms with Gasteiger partial charge in [0.05, 0.1) is 17.7 Å². The minimum atomic E-state index is -0.0508. The number of nitriles is 1. The van der Waals surface area contributed by atoms with Crippen LogP contribution in [0.3, 0.4) is 0 Å². The van der Waals surface area contributed by atoms with Gasteiger partial charge in [0, 0.05) is 25.8 Å². The fourth-order valence-electron chi connectivity index (χ4n) is 1.92. The first kappa shape index (κ1) is 11.4. The van der Waals surface area contributed by atoms with Crippen LogP contribution in [0.25, 0.3) is 0 Å². The Hall–Kier alpha value is -2.06. The van der Waals surface area contributed by atoms with Crippen molar-refractivity contribution in [1.29, 1.82) is 5.26 Å². The molecular formula is C12H14N4O. The summed E-state index contributed by atoms with van der Waals surface area (Å²) in [6, 6.07) is 9.03. The van der Waals surface area contributed by atoms with E-state index >= 15 is 0 Å². The molecule has 0 aromatic heterocycles. The molecule has 2 rings (SSSR count). The van der Waals surface area contributed by atoms with E-state index in [1.165, 1.54) is 0 Å². The van der Waals surface area contributed by atoms with Gasteiger partial charge in [0.2, 0.25) is 0 Å². The molecule has 1 aliphatic heterocycles. The Morgan fingerprint density at radius 3 is 2.59 bits per heavy atom. The van der Waals surface area contributed by atoms with Gasteiger partial charge < -0.3 is 10.6 Å². The highest BCUT2D eigenvalue weighted by Crippen LogP contribution is 2.22. The fraction of sp³-hybridized carbons (Fsp3) is 0.333. The highest BCUT2D eigenvalue weighted by atomic mass is 16.2. The molecule has 1 aliphatic rings. The van der Waals surface area contributed by atoms with Crippen molar-refractivity contribution in [1.82, 2.24) is 4.90 Å². The molecular weight excluding hydrogens is 216 g/mol. The average Bonchev–Trinajstić information content (AvgIpc) is 2.66. The number of carbonyl (C=O) groups excluding carboxylic acids is 1. The van der Waals surface area contributed by atoms with Gasteiger partial charge in [-0.3, -0.25) is 4.90 Å². The first-order chi connectivity index (χ1) is 8.17. The molecule has 2 N–H and O–H groups in total. The van der Waals surface area contributed by atoms with E-state index < -0.39 is 0 Å². The monoisotopic (exact) mass is 230 g/mol. The highest BCUT2D eigenvalue weighted by molar-refractivity contribution is 5.94. The van der Waals surface area contributed by atoms with Gasteiger partial charge in [-0.2, -0.15) is 5.26 Å². The lowest BCUT2D eigenvalue weighted by Gasteiger charge is -2.16. The van der Waals surface area contributed by atoms with Gasteiger partial charge in [0.25, 0.3) is 0 Å². The van der Waals surface area contributed by atoms with Crippen LogP contribution in [0.4, 0.5) is 10.5 Å². The van der Waals surface area contributed by atoms with E-state index in [9.17, 15) is 4.79 Å². The maximum atomic E-state index is 12.0. The maximum Gasteiger partial charge on any atom is 0.324 e. The summed E-state index contributed by atoms with van der Waals surface area (Å²) >= 11 is 0. The number of anilines is 1. The van der Waals surface area contributed by atoms with Crippen LogP contribution < -0.4 is 10.6 Å². The molecule has 5 heteroatoms. The smallest absolute Gasteiger partial charge is 0.324 e. The van der Waals surface area contributed by atoms with Gasteiger partial charge in [0.15, 0.2) is 0 Å². The third-order valence-corrected chi connectivity index (χ3v) is 3.05. The number of likely N-dealkylation sites (N-methyl/N-ethyl adjacent to an activating group) is 1. The number of carbonyl (C=O) groups is 1. The first-order valence-electron chi connectivity index (χ1n) is 5.42. The van der Waals surface area contributed by atoms with Crippen molar-refractivity contribution in [3.63, 3.8) is 0 Å². The van der Waals surface area contributed by atoms with E-state index in [2.05, 4.69) is 6.07 Å². The standard InChI is InChI=1S/C12H14N4O/c1-15-11(7-14)8-16(12(15)17)10-4-2-9(6-13)3-5-10/h2-5,11H,7-8,14H2,1H3. The summed E-state index contributed by atoms with van der Waals surface area (Å²) in [7, 11) is 1.75. The number of nitrogens with zero attached hydrogens (tertiary/aromatic N) is 3. The number of benzene rings is 1. The van der Waals surface area contributed by atoms with E-state index in [0.29, 0.717) is 18.7 Å². The van der Waals surface area contributed by atoms with Gasteiger partial charge in [-0.05, 0) is 24.3 Å². The second-order valence-corrected chi connectivity index (χ2v) is 4.05. The quantitative estimate of drug-likeness (QED) is 0.815. The van der Waals surface area contributed by atoms with Gasteiger partial charge in [0.1, 0.15) is 0 Å².